The van der Waals surface area contributed by atoms with Gasteiger partial charge < -0.3 is 15.2 Å². The van der Waals surface area contributed by atoms with Gasteiger partial charge in [0.05, 0.1) is 18.4 Å². The Labute approximate surface area is 123 Å². The molecule has 3 atom stereocenters. The van der Waals surface area contributed by atoms with Gasteiger partial charge in [0.1, 0.15) is 5.75 Å². The van der Waals surface area contributed by atoms with Crippen molar-refractivity contribution in [3.8, 4) is 5.75 Å². The van der Waals surface area contributed by atoms with Gasteiger partial charge >= 0.3 is 5.97 Å². The van der Waals surface area contributed by atoms with Crippen molar-refractivity contribution in [2.45, 2.75) is 37.6 Å². The van der Waals surface area contributed by atoms with Crippen molar-refractivity contribution in [3.63, 3.8) is 0 Å². The number of para-hydroxylation sites is 1. The normalized spacial score (nSPS) is 27.5. The molecule has 2 N–H and O–H groups in total. The van der Waals surface area contributed by atoms with Crippen molar-refractivity contribution in [3.05, 3.63) is 29.8 Å². The SMILES string of the molecule is O=C(N[C@H]1CC[C@@H](C(=O)O)C1)C1CCOc2ccccc21. The van der Waals surface area contributed by atoms with Crippen LogP contribution in [-0.2, 0) is 9.59 Å². The van der Waals surface area contributed by atoms with Gasteiger partial charge in [-0.2, -0.15) is 0 Å². The first-order chi connectivity index (χ1) is 10.1. The molecule has 0 radical (unpaired) electrons. The summed E-state index contributed by atoms with van der Waals surface area (Å²) in [5.74, 6) is -0.514. The largest absolute Gasteiger partial charge is 0.493 e. The molecule has 1 unspecified atom stereocenters. The Kier molecular flexibility index (Phi) is 3.82. The number of carboxylic acids is 1. The molecule has 5 nitrogen and oxygen atoms in total. The molecule has 1 amide bonds. The number of hydrogen-bond acceptors (Lipinski definition) is 3. The highest BCUT2D eigenvalue weighted by Crippen LogP contribution is 2.34. The Morgan fingerprint density at radius 3 is 2.76 bits per heavy atom. The van der Waals surface area contributed by atoms with Gasteiger partial charge in [0.15, 0.2) is 0 Å². The summed E-state index contributed by atoms with van der Waals surface area (Å²) in [7, 11) is 0. The molecule has 0 aromatic heterocycles. The average Bonchev–Trinajstić information content (AvgIpc) is 2.95. The van der Waals surface area contributed by atoms with E-state index in [1.54, 1.807) is 0 Å². The van der Waals surface area contributed by atoms with Crippen LogP contribution < -0.4 is 10.1 Å². The summed E-state index contributed by atoms with van der Waals surface area (Å²) in [5, 5.41) is 12.0. The van der Waals surface area contributed by atoms with Crippen LogP contribution in [0, 0.1) is 5.92 Å². The molecule has 1 aromatic rings. The number of aliphatic carboxylic acids is 1. The Hall–Kier alpha value is -2.04. The fourth-order valence-corrected chi connectivity index (χ4v) is 3.25. The topological polar surface area (TPSA) is 75.6 Å². The number of nitrogens with one attached hydrogen (secondary N) is 1. The van der Waals surface area contributed by atoms with E-state index >= 15 is 0 Å². The van der Waals surface area contributed by atoms with E-state index in [4.69, 9.17) is 9.84 Å². The molecular weight excluding hydrogens is 270 g/mol. The van der Waals surface area contributed by atoms with Gasteiger partial charge in [0, 0.05) is 11.6 Å². The molecule has 2 aliphatic rings. The third kappa shape index (κ3) is 2.86. The molecule has 1 fully saturated rings. The Morgan fingerprint density at radius 2 is 2.00 bits per heavy atom. The van der Waals surface area contributed by atoms with E-state index in [-0.39, 0.29) is 23.8 Å². The van der Waals surface area contributed by atoms with Gasteiger partial charge in [-0.3, -0.25) is 9.59 Å². The van der Waals surface area contributed by atoms with Gasteiger partial charge in [-0.15, -0.1) is 0 Å². The fraction of sp³-hybridized carbons (Fsp3) is 0.500. The molecule has 5 heteroatoms. The van der Waals surface area contributed by atoms with Crippen LogP contribution in [0.25, 0.3) is 0 Å². The number of benzene rings is 1. The lowest BCUT2D eigenvalue weighted by molar-refractivity contribution is -0.141. The quantitative estimate of drug-likeness (QED) is 0.891. The third-order valence-corrected chi connectivity index (χ3v) is 4.40. The van der Waals surface area contributed by atoms with E-state index in [1.165, 1.54) is 0 Å². The zero-order valence-corrected chi connectivity index (χ0v) is 11.7. The van der Waals surface area contributed by atoms with Crippen LogP contribution in [0.3, 0.4) is 0 Å². The molecule has 3 rings (SSSR count). The van der Waals surface area contributed by atoms with Gasteiger partial charge in [-0.1, -0.05) is 18.2 Å². The fourth-order valence-electron chi connectivity index (χ4n) is 3.25. The van der Waals surface area contributed by atoms with Crippen LogP contribution in [0.5, 0.6) is 5.75 Å². The molecule has 21 heavy (non-hydrogen) atoms. The summed E-state index contributed by atoms with van der Waals surface area (Å²) in [4.78, 5) is 23.4. The number of carbonyl (C=O) groups is 2. The van der Waals surface area contributed by atoms with E-state index in [0.29, 0.717) is 25.9 Å². The summed E-state index contributed by atoms with van der Waals surface area (Å²) >= 11 is 0. The number of carboxylic acid groups (broad SMARTS) is 1. The smallest absolute Gasteiger partial charge is 0.306 e. The van der Waals surface area contributed by atoms with Crippen molar-refractivity contribution < 1.29 is 19.4 Å². The predicted molar refractivity (Wildman–Crippen MR) is 76.2 cm³/mol. The molecule has 1 aliphatic carbocycles. The van der Waals surface area contributed by atoms with Crippen LogP contribution in [0.4, 0.5) is 0 Å². The monoisotopic (exact) mass is 289 g/mol. The molecule has 1 heterocycles. The zero-order chi connectivity index (χ0) is 14.8. The maximum atomic E-state index is 12.5. The second-order valence-electron chi connectivity index (χ2n) is 5.78. The van der Waals surface area contributed by atoms with Crippen LogP contribution in [-0.4, -0.2) is 29.6 Å². The van der Waals surface area contributed by atoms with Crippen molar-refractivity contribution in [2.75, 3.05) is 6.61 Å². The zero-order valence-electron chi connectivity index (χ0n) is 11.7. The van der Waals surface area contributed by atoms with Crippen molar-refractivity contribution in [1.29, 1.82) is 0 Å². The predicted octanol–water partition coefficient (Wildman–Crippen LogP) is 1.92. The van der Waals surface area contributed by atoms with Crippen LogP contribution >= 0.6 is 0 Å². The molecule has 0 saturated heterocycles. The molecule has 1 aromatic carbocycles. The van der Waals surface area contributed by atoms with Gasteiger partial charge in [-0.05, 0) is 31.7 Å². The number of fused-ring (bicyclic) bond motifs is 1. The highest BCUT2D eigenvalue weighted by Gasteiger charge is 2.33. The first-order valence-corrected chi connectivity index (χ1v) is 7.40. The number of ether oxygens (including phenoxy) is 1. The highest BCUT2D eigenvalue weighted by atomic mass is 16.5. The summed E-state index contributed by atoms with van der Waals surface area (Å²) < 4.78 is 5.56. The minimum absolute atomic E-state index is 0.0122. The van der Waals surface area contributed by atoms with Gasteiger partial charge in [0.25, 0.3) is 0 Å². The molecule has 112 valence electrons. The lowest BCUT2D eigenvalue weighted by Gasteiger charge is -2.26. The summed E-state index contributed by atoms with van der Waals surface area (Å²) in [5.41, 5.74) is 0.925. The lowest BCUT2D eigenvalue weighted by atomic mass is 9.92. The molecular formula is C16H19NO4. The summed E-state index contributed by atoms with van der Waals surface area (Å²) in [6.45, 7) is 0.539. The summed E-state index contributed by atoms with van der Waals surface area (Å²) in [6, 6.07) is 7.59. The second kappa shape index (κ2) is 5.76. The van der Waals surface area contributed by atoms with E-state index in [2.05, 4.69) is 5.32 Å². The Bertz CT molecular complexity index is 557. The molecule has 1 saturated carbocycles. The third-order valence-electron chi connectivity index (χ3n) is 4.40. The number of carbonyl (C=O) groups excluding carboxylic acids is 1. The average molecular weight is 289 g/mol. The molecule has 1 aliphatic heterocycles. The van der Waals surface area contributed by atoms with E-state index < -0.39 is 5.97 Å². The first kappa shape index (κ1) is 13.9. The highest BCUT2D eigenvalue weighted by molar-refractivity contribution is 5.85. The van der Waals surface area contributed by atoms with E-state index in [0.717, 1.165) is 17.7 Å². The first-order valence-electron chi connectivity index (χ1n) is 7.40. The Morgan fingerprint density at radius 1 is 1.19 bits per heavy atom. The minimum Gasteiger partial charge on any atom is -0.493 e. The summed E-state index contributed by atoms with van der Waals surface area (Å²) in [6.07, 6.45) is 2.59. The lowest BCUT2D eigenvalue weighted by Crippen LogP contribution is -2.38. The van der Waals surface area contributed by atoms with Gasteiger partial charge in [0.2, 0.25) is 5.91 Å². The van der Waals surface area contributed by atoms with Crippen molar-refractivity contribution >= 4 is 11.9 Å². The maximum absolute atomic E-state index is 12.5. The number of rotatable bonds is 3. The standard InChI is InChI=1S/C16H19NO4/c18-15(17-11-6-5-10(9-11)16(19)20)13-7-8-21-14-4-2-1-3-12(13)14/h1-4,10-11,13H,5-9H2,(H,17,18)(H,19,20)/t10-,11+,13?/m1/s1. The van der Waals surface area contributed by atoms with Gasteiger partial charge in [-0.25, -0.2) is 0 Å². The van der Waals surface area contributed by atoms with E-state index in [9.17, 15) is 9.59 Å². The molecule has 0 bridgehead atoms. The van der Waals surface area contributed by atoms with Crippen LogP contribution in [0.15, 0.2) is 24.3 Å². The minimum atomic E-state index is -0.761. The number of hydrogen-bond donors (Lipinski definition) is 2. The van der Waals surface area contributed by atoms with Crippen LogP contribution in [0.1, 0.15) is 37.2 Å². The van der Waals surface area contributed by atoms with E-state index in [1.807, 2.05) is 24.3 Å². The second-order valence-corrected chi connectivity index (χ2v) is 5.78. The van der Waals surface area contributed by atoms with Crippen molar-refractivity contribution in [2.24, 2.45) is 5.92 Å². The van der Waals surface area contributed by atoms with Crippen LogP contribution in [0.2, 0.25) is 0 Å². The molecule has 0 spiro atoms. The van der Waals surface area contributed by atoms with Crippen molar-refractivity contribution in [1.82, 2.24) is 5.32 Å². The number of amides is 1. The maximum Gasteiger partial charge on any atom is 0.306 e. The Balaban J connectivity index is 1.66.